The number of ether oxygens (including phenoxy) is 2. The first-order chi connectivity index (χ1) is 14.6. The highest BCUT2D eigenvalue weighted by molar-refractivity contribution is 7.93. The van der Waals surface area contributed by atoms with Gasteiger partial charge in [0.25, 0.3) is 15.7 Å². The lowest BCUT2D eigenvalue weighted by Gasteiger charge is -2.26. The summed E-state index contributed by atoms with van der Waals surface area (Å²) in [6, 6.07) is 9.35. The van der Waals surface area contributed by atoms with Crippen molar-refractivity contribution in [3.05, 3.63) is 52.6 Å². The van der Waals surface area contributed by atoms with Gasteiger partial charge >= 0.3 is 0 Å². The Morgan fingerprint density at radius 2 is 1.84 bits per heavy atom. The largest absolute Gasteiger partial charge is 0.497 e. The Morgan fingerprint density at radius 3 is 2.42 bits per heavy atom. The number of sulfonamides is 1. The molecule has 0 fully saturated rings. The molecule has 2 rings (SSSR count). The van der Waals surface area contributed by atoms with Crippen molar-refractivity contribution in [3.8, 4) is 11.5 Å². The van der Waals surface area contributed by atoms with Crippen LogP contribution in [0.25, 0.3) is 0 Å². The predicted octanol–water partition coefficient (Wildman–Crippen LogP) is 2.58. The Kier molecular flexibility index (Phi) is 7.81. The Labute approximate surface area is 181 Å². The van der Waals surface area contributed by atoms with E-state index in [1.54, 1.807) is 0 Å². The number of hydrogen-bond acceptors (Lipinski definition) is 7. The van der Waals surface area contributed by atoms with E-state index in [9.17, 15) is 23.3 Å². The molecule has 0 atom stereocenters. The van der Waals surface area contributed by atoms with Crippen LogP contribution in [-0.2, 0) is 14.8 Å². The minimum atomic E-state index is -4.51. The summed E-state index contributed by atoms with van der Waals surface area (Å²) in [5.74, 6) is 0.125. The van der Waals surface area contributed by atoms with E-state index in [-0.39, 0.29) is 17.4 Å². The number of nitrogens with zero attached hydrogens (tertiary/aromatic N) is 2. The van der Waals surface area contributed by atoms with Gasteiger partial charge in [0, 0.05) is 18.7 Å². The molecular formula is C20H25N3O7S. The Hall–Kier alpha value is -3.34. The second-order valence-electron chi connectivity index (χ2n) is 6.97. The van der Waals surface area contributed by atoms with Gasteiger partial charge in [0.2, 0.25) is 5.91 Å². The molecule has 0 aliphatic heterocycles. The molecule has 0 aliphatic rings. The van der Waals surface area contributed by atoms with Gasteiger partial charge in [0.1, 0.15) is 18.0 Å². The van der Waals surface area contributed by atoms with Crippen LogP contribution in [0, 0.1) is 16.0 Å². The summed E-state index contributed by atoms with van der Waals surface area (Å²) in [6.07, 6.45) is 0. The SMILES string of the molecule is COc1ccc(N(CC(=O)NCC(C)C)S(=O)(=O)c2ccccc2[N+](=O)[O-])c(OC)c1. The predicted molar refractivity (Wildman–Crippen MR) is 115 cm³/mol. The molecule has 0 radical (unpaired) electrons. The van der Waals surface area contributed by atoms with E-state index >= 15 is 0 Å². The third-order valence-corrected chi connectivity index (χ3v) is 6.09. The molecule has 11 heteroatoms. The summed E-state index contributed by atoms with van der Waals surface area (Å²) in [5, 5.41) is 14.1. The summed E-state index contributed by atoms with van der Waals surface area (Å²) >= 11 is 0. The van der Waals surface area contributed by atoms with Crippen LogP contribution in [0.5, 0.6) is 11.5 Å². The highest BCUT2D eigenvalue weighted by atomic mass is 32.2. The van der Waals surface area contributed by atoms with Crippen LogP contribution in [-0.4, -0.2) is 46.6 Å². The maximum Gasteiger partial charge on any atom is 0.289 e. The monoisotopic (exact) mass is 451 g/mol. The topological polar surface area (TPSA) is 128 Å². The molecule has 0 spiro atoms. The third kappa shape index (κ3) is 5.63. The van der Waals surface area contributed by atoms with Gasteiger partial charge in [-0.05, 0) is 24.1 Å². The molecule has 0 saturated heterocycles. The molecule has 31 heavy (non-hydrogen) atoms. The molecule has 0 bridgehead atoms. The van der Waals surface area contributed by atoms with Crippen molar-refractivity contribution in [2.45, 2.75) is 18.7 Å². The maximum absolute atomic E-state index is 13.5. The molecule has 1 amide bonds. The normalized spacial score (nSPS) is 11.1. The van der Waals surface area contributed by atoms with Crippen molar-refractivity contribution in [2.75, 3.05) is 31.6 Å². The third-order valence-electron chi connectivity index (χ3n) is 4.28. The zero-order valence-electron chi connectivity index (χ0n) is 17.7. The van der Waals surface area contributed by atoms with Crippen molar-refractivity contribution in [1.82, 2.24) is 5.32 Å². The highest BCUT2D eigenvalue weighted by Gasteiger charge is 2.34. The fourth-order valence-electron chi connectivity index (χ4n) is 2.74. The van der Waals surface area contributed by atoms with Gasteiger partial charge in [-0.25, -0.2) is 8.42 Å². The second-order valence-corrected chi connectivity index (χ2v) is 8.80. The number of amides is 1. The lowest BCUT2D eigenvalue weighted by molar-refractivity contribution is -0.387. The van der Waals surface area contributed by atoms with Gasteiger partial charge < -0.3 is 14.8 Å². The van der Waals surface area contributed by atoms with Gasteiger partial charge in [-0.1, -0.05) is 26.0 Å². The quantitative estimate of drug-likeness (QED) is 0.434. The van der Waals surface area contributed by atoms with Crippen LogP contribution in [0.2, 0.25) is 0 Å². The van der Waals surface area contributed by atoms with Crippen molar-refractivity contribution in [1.29, 1.82) is 0 Å². The molecule has 2 aromatic rings. The summed E-state index contributed by atoms with van der Waals surface area (Å²) in [5.41, 5.74) is -0.552. The first kappa shape index (κ1) is 23.9. The number of benzene rings is 2. The number of carbonyl (C=O) groups excluding carboxylic acids is 1. The average Bonchev–Trinajstić information content (AvgIpc) is 2.75. The first-order valence-corrected chi connectivity index (χ1v) is 10.8. The lowest BCUT2D eigenvalue weighted by atomic mass is 10.2. The minimum absolute atomic E-state index is 0.0427. The van der Waals surface area contributed by atoms with Crippen LogP contribution in [0.15, 0.2) is 47.4 Å². The van der Waals surface area contributed by atoms with Crippen molar-refractivity contribution in [2.24, 2.45) is 5.92 Å². The van der Waals surface area contributed by atoms with Crippen LogP contribution in [0.1, 0.15) is 13.8 Å². The Balaban J connectivity index is 2.63. The van der Waals surface area contributed by atoms with Gasteiger partial charge in [-0.15, -0.1) is 0 Å². The van der Waals surface area contributed by atoms with Crippen molar-refractivity contribution >= 4 is 27.3 Å². The summed E-state index contributed by atoms with van der Waals surface area (Å²) < 4.78 is 38.3. The molecule has 0 aliphatic carbocycles. The maximum atomic E-state index is 13.5. The minimum Gasteiger partial charge on any atom is -0.497 e. The number of methoxy groups -OCH3 is 2. The molecule has 1 N–H and O–H groups in total. The molecule has 0 aromatic heterocycles. The van der Waals surface area contributed by atoms with Crippen LogP contribution in [0.4, 0.5) is 11.4 Å². The van der Waals surface area contributed by atoms with Crippen LogP contribution < -0.4 is 19.1 Å². The number of hydrogen-bond donors (Lipinski definition) is 1. The number of rotatable bonds is 10. The summed E-state index contributed by atoms with van der Waals surface area (Å²) in [7, 11) is -1.73. The number of anilines is 1. The second kappa shape index (κ2) is 10.1. The fourth-order valence-corrected chi connectivity index (χ4v) is 4.33. The summed E-state index contributed by atoms with van der Waals surface area (Å²) in [4.78, 5) is 22.7. The molecule has 0 unspecified atom stereocenters. The molecule has 0 saturated carbocycles. The van der Waals surface area contributed by atoms with E-state index in [4.69, 9.17) is 9.47 Å². The van der Waals surface area contributed by atoms with E-state index in [2.05, 4.69) is 5.32 Å². The molecule has 0 heterocycles. The lowest BCUT2D eigenvalue weighted by Crippen LogP contribution is -2.42. The Bertz CT molecular complexity index is 1050. The first-order valence-electron chi connectivity index (χ1n) is 9.36. The van der Waals surface area contributed by atoms with E-state index < -0.39 is 38.0 Å². The zero-order valence-corrected chi connectivity index (χ0v) is 18.5. The van der Waals surface area contributed by atoms with E-state index in [0.717, 1.165) is 16.4 Å². The van der Waals surface area contributed by atoms with Gasteiger partial charge in [-0.2, -0.15) is 0 Å². The van der Waals surface area contributed by atoms with Crippen molar-refractivity contribution < 1.29 is 27.6 Å². The standard InChI is InChI=1S/C20H25N3O7S/c1-14(2)12-21-20(24)13-22(16-10-9-15(29-3)11-18(16)30-4)31(27,28)19-8-6-5-7-17(19)23(25)26/h5-11,14H,12-13H2,1-4H3,(H,21,24). The van der Waals surface area contributed by atoms with Gasteiger partial charge in [0.15, 0.2) is 4.90 Å². The smallest absolute Gasteiger partial charge is 0.289 e. The van der Waals surface area contributed by atoms with Gasteiger partial charge in [0.05, 0.1) is 24.8 Å². The van der Waals surface area contributed by atoms with Crippen LogP contribution >= 0.6 is 0 Å². The van der Waals surface area contributed by atoms with Crippen LogP contribution in [0.3, 0.4) is 0 Å². The number of nitro benzene ring substituents is 1. The fraction of sp³-hybridized carbons (Fsp3) is 0.350. The van der Waals surface area contributed by atoms with Gasteiger partial charge in [-0.3, -0.25) is 19.2 Å². The number of nitro groups is 1. The number of carbonyl (C=O) groups is 1. The number of nitrogens with one attached hydrogen (secondary N) is 1. The average molecular weight is 452 g/mol. The molecular weight excluding hydrogens is 426 g/mol. The molecule has 168 valence electrons. The van der Waals surface area contributed by atoms with Crippen molar-refractivity contribution in [3.63, 3.8) is 0 Å². The highest BCUT2D eigenvalue weighted by Crippen LogP contribution is 2.37. The van der Waals surface area contributed by atoms with E-state index in [1.807, 2.05) is 13.8 Å². The Morgan fingerprint density at radius 1 is 1.16 bits per heavy atom. The molecule has 10 nitrogen and oxygen atoms in total. The van der Waals surface area contributed by atoms with E-state index in [0.29, 0.717) is 12.3 Å². The number of para-hydroxylation sites is 1. The molecule has 2 aromatic carbocycles. The van der Waals surface area contributed by atoms with E-state index in [1.165, 1.54) is 44.6 Å². The zero-order chi connectivity index (χ0) is 23.2. The summed E-state index contributed by atoms with van der Waals surface area (Å²) in [6.45, 7) is 3.55.